The number of halogens is 1. The first kappa shape index (κ1) is 19.4. The highest BCUT2D eigenvalue weighted by Gasteiger charge is 2.36. The smallest absolute Gasteiger partial charge is 0.355 e. The van der Waals surface area contributed by atoms with Crippen molar-refractivity contribution in [2.24, 2.45) is 0 Å². The number of nitrogens with zero attached hydrogens (tertiary/aromatic N) is 4. The maximum atomic E-state index is 13.7. The van der Waals surface area contributed by atoms with Crippen LogP contribution in [0.4, 0.5) is 4.39 Å². The summed E-state index contributed by atoms with van der Waals surface area (Å²) in [5.41, 5.74) is -0.520. The van der Waals surface area contributed by atoms with E-state index in [0.29, 0.717) is 12.0 Å². The Balaban J connectivity index is 2.12. The van der Waals surface area contributed by atoms with Gasteiger partial charge in [0.15, 0.2) is 6.29 Å². The molecule has 0 fully saturated rings. The molecule has 10 heteroatoms. The molecule has 0 spiro atoms. The quantitative estimate of drug-likeness (QED) is 0.331. The van der Waals surface area contributed by atoms with Crippen molar-refractivity contribution < 1.29 is 29.2 Å². The second-order valence-electron chi connectivity index (χ2n) is 6.17. The van der Waals surface area contributed by atoms with E-state index in [9.17, 15) is 24.5 Å². The number of phenols is 1. The molecular weight excluding hydrogens is 371 g/mol. The van der Waals surface area contributed by atoms with Crippen LogP contribution in [0.3, 0.4) is 0 Å². The van der Waals surface area contributed by atoms with Crippen LogP contribution in [-0.4, -0.2) is 41.4 Å². The second-order valence-corrected chi connectivity index (χ2v) is 6.17. The van der Waals surface area contributed by atoms with E-state index in [0.717, 1.165) is 6.20 Å². The van der Waals surface area contributed by atoms with Crippen LogP contribution in [0.15, 0.2) is 36.7 Å². The summed E-state index contributed by atoms with van der Waals surface area (Å²) in [7, 11) is 0. The van der Waals surface area contributed by atoms with E-state index in [2.05, 4.69) is 15.1 Å². The third-order valence-corrected chi connectivity index (χ3v) is 3.93. The number of benzene rings is 1. The Morgan fingerprint density at radius 1 is 1.29 bits per heavy atom. The minimum Gasteiger partial charge on any atom is -0.507 e. The Bertz CT molecular complexity index is 1020. The predicted molar refractivity (Wildman–Crippen MR) is 93.8 cm³/mol. The number of aldehydes is 1. The zero-order chi connectivity index (χ0) is 20.5. The van der Waals surface area contributed by atoms with E-state index in [1.807, 2.05) is 13.8 Å². The van der Waals surface area contributed by atoms with Gasteiger partial charge in [-0.15, -0.1) is 0 Å². The highest BCUT2D eigenvalue weighted by molar-refractivity contribution is 5.83. The summed E-state index contributed by atoms with van der Waals surface area (Å²) in [5.74, 6) is -3.75. The highest BCUT2D eigenvalue weighted by Crippen LogP contribution is 2.34. The molecule has 2 heterocycles. The average Bonchev–Trinajstić information content (AvgIpc) is 3.11. The zero-order valence-corrected chi connectivity index (χ0v) is 14.9. The van der Waals surface area contributed by atoms with E-state index >= 15 is 0 Å². The number of carbonyl (C=O) groups excluding carboxylic acids is 1. The third kappa shape index (κ3) is 3.55. The minimum atomic E-state index is -3.04. The maximum absolute atomic E-state index is 13.7. The Morgan fingerprint density at radius 3 is 2.71 bits per heavy atom. The summed E-state index contributed by atoms with van der Waals surface area (Å²) < 4.78 is 20.4. The first-order valence-electron chi connectivity index (χ1n) is 8.22. The summed E-state index contributed by atoms with van der Waals surface area (Å²) in [6, 6.07) is 5.24. The second kappa shape index (κ2) is 7.33. The number of aromatic nitrogens is 4. The first-order chi connectivity index (χ1) is 13.2. The molecule has 0 aliphatic carbocycles. The zero-order valence-electron chi connectivity index (χ0n) is 14.9. The Hall–Kier alpha value is -3.37. The molecule has 1 aromatic carbocycles. The minimum absolute atomic E-state index is 0.128. The number of aromatic hydroxyl groups is 1. The number of ether oxygens (including phenoxy) is 1. The van der Waals surface area contributed by atoms with Crippen molar-refractivity contribution in [3.8, 4) is 22.9 Å². The normalized spacial score (nSPS) is 11.6. The third-order valence-electron chi connectivity index (χ3n) is 3.93. The van der Waals surface area contributed by atoms with Crippen molar-refractivity contribution >= 4 is 6.29 Å². The SMILES string of the molecule is CC(C)n1nccc1-c1nc(F)ncc1C(O)(O)Oc1cccc(O)c1C=O. The number of aliphatic hydroxyl groups is 2. The predicted octanol–water partition coefficient (Wildman–Crippen LogP) is 1.75. The van der Waals surface area contributed by atoms with Gasteiger partial charge in [0.2, 0.25) is 0 Å². The molecule has 28 heavy (non-hydrogen) atoms. The van der Waals surface area contributed by atoms with Gasteiger partial charge in [-0.05, 0) is 32.0 Å². The lowest BCUT2D eigenvalue weighted by molar-refractivity contribution is -0.304. The molecule has 0 atom stereocenters. The molecule has 2 aromatic heterocycles. The maximum Gasteiger partial charge on any atom is 0.355 e. The van der Waals surface area contributed by atoms with Crippen molar-refractivity contribution in [2.45, 2.75) is 25.9 Å². The van der Waals surface area contributed by atoms with Gasteiger partial charge in [0.05, 0.1) is 11.3 Å². The molecule has 3 N–H and O–H groups in total. The lowest BCUT2D eigenvalue weighted by Gasteiger charge is -2.25. The lowest BCUT2D eigenvalue weighted by Crippen LogP contribution is -2.34. The Kier molecular flexibility index (Phi) is 5.08. The fourth-order valence-electron chi connectivity index (χ4n) is 2.66. The summed E-state index contributed by atoms with van der Waals surface area (Å²) in [4.78, 5) is 18.2. The molecule has 0 saturated heterocycles. The monoisotopic (exact) mass is 388 g/mol. The molecule has 0 bridgehead atoms. The topological polar surface area (TPSA) is 131 Å². The van der Waals surface area contributed by atoms with Gasteiger partial charge in [-0.25, -0.2) is 4.98 Å². The molecular formula is C18H17FN4O5. The van der Waals surface area contributed by atoms with Gasteiger partial charge in [-0.1, -0.05) is 6.07 Å². The van der Waals surface area contributed by atoms with Gasteiger partial charge in [-0.3, -0.25) is 9.48 Å². The standard InChI is InChI=1S/C18H17FN4O5/c1-10(2)23-13(6-7-21-23)16-12(8-20-17(19)22-16)18(26,27)28-15-5-3-4-14(25)11(15)9-24/h3-10,25-27H,1-2H3. The first-order valence-corrected chi connectivity index (χ1v) is 8.22. The van der Waals surface area contributed by atoms with Gasteiger partial charge < -0.3 is 20.1 Å². The van der Waals surface area contributed by atoms with Gasteiger partial charge in [0.25, 0.3) is 0 Å². The van der Waals surface area contributed by atoms with Gasteiger partial charge in [0.1, 0.15) is 22.8 Å². The van der Waals surface area contributed by atoms with Gasteiger partial charge in [-0.2, -0.15) is 14.5 Å². The van der Waals surface area contributed by atoms with Crippen LogP contribution in [0.5, 0.6) is 11.5 Å². The van der Waals surface area contributed by atoms with Crippen molar-refractivity contribution in [2.75, 3.05) is 0 Å². The van der Waals surface area contributed by atoms with E-state index in [4.69, 9.17) is 4.74 Å². The lowest BCUT2D eigenvalue weighted by atomic mass is 10.1. The Morgan fingerprint density at radius 2 is 2.04 bits per heavy atom. The molecule has 0 amide bonds. The van der Waals surface area contributed by atoms with E-state index in [-0.39, 0.29) is 28.6 Å². The molecule has 0 radical (unpaired) electrons. The summed E-state index contributed by atoms with van der Waals surface area (Å²) in [5, 5.41) is 35.0. The van der Waals surface area contributed by atoms with Crippen LogP contribution in [0.2, 0.25) is 0 Å². The molecule has 0 aliphatic heterocycles. The number of phenolic OH excluding ortho intramolecular Hbond substituents is 1. The van der Waals surface area contributed by atoms with E-state index in [1.165, 1.54) is 35.1 Å². The Labute approximate surface area is 158 Å². The molecule has 0 unspecified atom stereocenters. The summed E-state index contributed by atoms with van der Waals surface area (Å²) in [6.07, 6.45) is 1.53. The average molecular weight is 388 g/mol. The van der Waals surface area contributed by atoms with Crippen LogP contribution in [0, 0.1) is 6.08 Å². The van der Waals surface area contributed by atoms with Crippen LogP contribution in [0.1, 0.15) is 35.8 Å². The van der Waals surface area contributed by atoms with Crippen molar-refractivity contribution in [1.82, 2.24) is 19.7 Å². The largest absolute Gasteiger partial charge is 0.507 e. The fraction of sp³-hybridized carbons (Fsp3) is 0.222. The van der Waals surface area contributed by atoms with Gasteiger partial charge >= 0.3 is 12.1 Å². The van der Waals surface area contributed by atoms with Crippen molar-refractivity contribution in [3.63, 3.8) is 0 Å². The van der Waals surface area contributed by atoms with Crippen LogP contribution < -0.4 is 4.74 Å². The number of carbonyl (C=O) groups is 1. The molecule has 3 aromatic rings. The number of hydrogen-bond donors (Lipinski definition) is 3. The van der Waals surface area contributed by atoms with E-state index in [1.54, 1.807) is 0 Å². The molecule has 146 valence electrons. The van der Waals surface area contributed by atoms with Crippen LogP contribution >= 0.6 is 0 Å². The molecule has 0 aliphatic rings. The summed E-state index contributed by atoms with van der Waals surface area (Å²) >= 11 is 0. The van der Waals surface area contributed by atoms with Crippen molar-refractivity contribution in [1.29, 1.82) is 0 Å². The fourth-order valence-corrected chi connectivity index (χ4v) is 2.66. The molecule has 0 saturated carbocycles. The number of rotatable bonds is 6. The van der Waals surface area contributed by atoms with E-state index < -0.39 is 17.8 Å². The molecule has 9 nitrogen and oxygen atoms in total. The molecule has 3 rings (SSSR count). The summed E-state index contributed by atoms with van der Waals surface area (Å²) in [6.45, 7) is 3.66. The van der Waals surface area contributed by atoms with Gasteiger partial charge in [0, 0.05) is 18.4 Å². The highest BCUT2D eigenvalue weighted by atomic mass is 19.1. The van der Waals surface area contributed by atoms with Crippen LogP contribution in [-0.2, 0) is 5.97 Å². The number of hydrogen-bond acceptors (Lipinski definition) is 8. The van der Waals surface area contributed by atoms with Crippen LogP contribution in [0.25, 0.3) is 11.4 Å². The van der Waals surface area contributed by atoms with Crippen molar-refractivity contribution in [3.05, 3.63) is 53.9 Å².